The predicted octanol–water partition coefficient (Wildman–Crippen LogP) is -2.34. The van der Waals surface area contributed by atoms with E-state index in [0.29, 0.717) is 12.8 Å². The summed E-state index contributed by atoms with van der Waals surface area (Å²) in [5.41, 5.74) is 27.5. The normalized spacial score (nSPS) is 20.6. The zero-order valence-electron chi connectivity index (χ0n) is 19.4. The van der Waals surface area contributed by atoms with Crippen molar-refractivity contribution >= 4 is 39.6 Å². The third-order valence-electron chi connectivity index (χ3n) is 3.95. The first-order valence-electron chi connectivity index (χ1n) is 10.3. The molecule has 6 unspecified atom stereocenters. The van der Waals surface area contributed by atoms with Crippen LogP contribution >= 0.6 is 0 Å². The van der Waals surface area contributed by atoms with Crippen LogP contribution in [0.25, 0.3) is 0 Å². The van der Waals surface area contributed by atoms with E-state index in [1.54, 1.807) is 6.92 Å². The molecule has 1 saturated heterocycles. The van der Waals surface area contributed by atoms with Crippen LogP contribution in [0.2, 0.25) is 0 Å². The van der Waals surface area contributed by atoms with Gasteiger partial charge in [0.15, 0.2) is 7.85 Å². The lowest BCUT2D eigenvalue weighted by Crippen LogP contribution is -2.33. The topological polar surface area (TPSA) is 235 Å². The number of nitrogens with one attached hydrogen (secondary N) is 1. The van der Waals surface area contributed by atoms with E-state index in [1.807, 2.05) is 26.2 Å². The number of aliphatic hydroxyl groups excluding tert-OH is 1. The largest absolute Gasteiger partial charge is 0.461 e. The molecule has 182 valence electrons. The molecule has 4 radical (unpaired) electrons. The van der Waals surface area contributed by atoms with Crippen LogP contribution in [0.3, 0.4) is 0 Å². The van der Waals surface area contributed by atoms with E-state index in [2.05, 4.69) is 5.10 Å². The second-order valence-corrected chi connectivity index (χ2v) is 6.87. The molecule has 12 nitrogen and oxygen atoms in total. The maximum absolute atomic E-state index is 10.4. The molecule has 2 amide bonds. The Bertz CT molecular complexity index is 544. The maximum atomic E-state index is 10.4. The van der Waals surface area contributed by atoms with Gasteiger partial charge in [-0.1, -0.05) is 20.8 Å². The molecule has 1 heterocycles. The molecule has 1 fully saturated rings. The van der Waals surface area contributed by atoms with Crippen LogP contribution in [0, 0.1) is 0 Å². The van der Waals surface area contributed by atoms with Gasteiger partial charge in [-0.3, -0.25) is 4.79 Å². The summed E-state index contributed by atoms with van der Waals surface area (Å²) < 4.78 is 4.71. The van der Waals surface area contributed by atoms with Crippen LogP contribution in [0.1, 0.15) is 53.4 Å². The molecule has 0 aliphatic carbocycles. The minimum atomic E-state index is -0.856. The van der Waals surface area contributed by atoms with Gasteiger partial charge in [0.25, 0.3) is 0 Å². The Hall–Kier alpha value is -1.99. The summed E-state index contributed by atoms with van der Waals surface area (Å²) in [6.07, 6.45) is 3.85. The van der Waals surface area contributed by atoms with Crippen molar-refractivity contribution in [3.8, 4) is 0 Å². The van der Waals surface area contributed by atoms with Gasteiger partial charge in [0, 0.05) is 24.3 Å². The molecule has 6 atom stereocenters. The summed E-state index contributed by atoms with van der Waals surface area (Å²) in [5, 5.41) is 11.9. The molecule has 1 aliphatic rings. The average Bonchev–Trinajstić information content (AvgIpc) is 3.02. The number of esters is 1. The van der Waals surface area contributed by atoms with Crippen molar-refractivity contribution in [2.45, 2.75) is 89.7 Å². The Morgan fingerprint density at radius 1 is 1.25 bits per heavy atom. The number of amides is 2. The smallest absolute Gasteiger partial charge is 0.332 e. The number of primary amides is 1. The maximum Gasteiger partial charge on any atom is 0.332 e. The third-order valence-corrected chi connectivity index (χ3v) is 3.95. The Kier molecular flexibility index (Phi) is 22.6. The summed E-state index contributed by atoms with van der Waals surface area (Å²) in [6, 6.07) is -2.46. The van der Waals surface area contributed by atoms with Gasteiger partial charge in [0.2, 0.25) is 0 Å². The highest BCUT2D eigenvalue weighted by molar-refractivity contribution is 6.59. The molecule has 0 spiro atoms. The molecule has 0 aromatic rings. The molecule has 0 aromatic carbocycles. The van der Waals surface area contributed by atoms with Crippen molar-refractivity contribution in [2.24, 2.45) is 33.8 Å². The standard InChI is InChI=1S/C5H12N4O.C5H9NO2.C4H10BNO.C4H8BNO/c1-2-4(6)3-8-9-5(7)10;1-3-4(6)2-5(7)8-3;2*1-2-3(6)4(5)7/h3-4H,2,6H2,1H3,(H3,7,9,10);3-4H,2,6H2,1H3;3-4,7H,2,6H2,1H3;3H,2,6H2,1H3/b8-3+;;;. The first-order chi connectivity index (χ1) is 14.7. The number of urea groups is 1. The molecule has 0 aromatic heterocycles. The van der Waals surface area contributed by atoms with Gasteiger partial charge >= 0.3 is 12.0 Å². The highest BCUT2D eigenvalue weighted by Crippen LogP contribution is 2.10. The zero-order valence-corrected chi connectivity index (χ0v) is 19.4. The molecular weight excluding hydrogens is 416 g/mol. The van der Waals surface area contributed by atoms with E-state index >= 15 is 0 Å². The van der Waals surface area contributed by atoms with Gasteiger partial charge in [0.05, 0.1) is 24.2 Å². The van der Waals surface area contributed by atoms with Gasteiger partial charge in [-0.2, -0.15) is 5.10 Å². The molecule has 12 N–H and O–H groups in total. The molecule has 0 bridgehead atoms. The SMILES string of the molecule is CC1OC(=O)CC1N.CCC(N)/C=N/NC(N)=O.[B]C(=O)C(N)CC.[B]C(O)C(N)CC. The van der Waals surface area contributed by atoms with Crippen LogP contribution in [0.4, 0.5) is 4.79 Å². The summed E-state index contributed by atoms with van der Waals surface area (Å²) in [5.74, 6) is -0.176. The van der Waals surface area contributed by atoms with Crippen LogP contribution in [-0.2, 0) is 14.3 Å². The molecule has 14 heteroatoms. The molecular formula is C18H39B2N7O5. The quantitative estimate of drug-likeness (QED) is 0.0941. The van der Waals surface area contributed by atoms with E-state index in [-0.39, 0.29) is 30.2 Å². The number of hydrogen-bond acceptors (Lipinski definition) is 10. The van der Waals surface area contributed by atoms with Crippen LogP contribution < -0.4 is 34.1 Å². The summed E-state index contributed by atoms with van der Waals surface area (Å²) >= 11 is 0. The average molecular weight is 455 g/mol. The predicted molar refractivity (Wildman–Crippen MR) is 127 cm³/mol. The van der Waals surface area contributed by atoms with E-state index in [1.165, 1.54) is 6.21 Å². The molecule has 1 rings (SSSR count). The lowest BCUT2D eigenvalue weighted by atomic mass is 9.92. The van der Waals surface area contributed by atoms with Gasteiger partial charge in [-0.15, -0.1) is 0 Å². The fraction of sp³-hybridized carbons (Fsp3) is 0.778. The first-order valence-corrected chi connectivity index (χ1v) is 10.3. The summed E-state index contributed by atoms with van der Waals surface area (Å²) in [7, 11) is 9.76. The molecule has 1 aliphatic heterocycles. The van der Waals surface area contributed by atoms with Crippen molar-refractivity contribution in [1.29, 1.82) is 0 Å². The lowest BCUT2D eigenvalue weighted by molar-refractivity contribution is -0.140. The fourth-order valence-corrected chi connectivity index (χ4v) is 1.45. The number of aliphatic hydroxyl groups is 1. The van der Waals surface area contributed by atoms with E-state index in [4.69, 9.17) is 54.2 Å². The Balaban J connectivity index is -0.000000355. The lowest BCUT2D eigenvalue weighted by Gasteiger charge is -2.10. The monoisotopic (exact) mass is 455 g/mol. The highest BCUT2D eigenvalue weighted by atomic mass is 16.5. The van der Waals surface area contributed by atoms with E-state index in [9.17, 15) is 14.4 Å². The number of hydrazone groups is 1. The van der Waals surface area contributed by atoms with Gasteiger partial charge in [-0.25, -0.2) is 10.2 Å². The number of ether oxygens (including phenoxy) is 1. The van der Waals surface area contributed by atoms with Gasteiger partial charge in [0.1, 0.15) is 14.0 Å². The Morgan fingerprint density at radius 3 is 1.94 bits per heavy atom. The second kappa shape index (κ2) is 20.9. The Labute approximate surface area is 193 Å². The number of cyclic esters (lactones) is 1. The summed E-state index contributed by atoms with van der Waals surface area (Å²) in [6.45, 7) is 7.41. The second-order valence-electron chi connectivity index (χ2n) is 6.87. The fourth-order valence-electron chi connectivity index (χ4n) is 1.45. The number of carbonyl (C=O) groups is 3. The number of hydrogen-bond donors (Lipinski definition) is 7. The van der Waals surface area contributed by atoms with Crippen LogP contribution in [-0.4, -0.2) is 81.0 Å². The van der Waals surface area contributed by atoms with Gasteiger partial charge in [-0.05, 0) is 26.2 Å². The van der Waals surface area contributed by atoms with Crippen LogP contribution in [0.15, 0.2) is 5.10 Å². The number of nitrogens with zero attached hydrogens (tertiary/aromatic N) is 1. The Morgan fingerprint density at radius 2 is 1.78 bits per heavy atom. The number of rotatable bonds is 7. The van der Waals surface area contributed by atoms with Crippen molar-refractivity contribution in [3.63, 3.8) is 0 Å². The van der Waals surface area contributed by atoms with Crippen LogP contribution in [0.5, 0.6) is 0 Å². The number of carbonyl (C=O) groups excluding carboxylic acids is 3. The van der Waals surface area contributed by atoms with Gasteiger partial charge < -0.3 is 43.3 Å². The van der Waals surface area contributed by atoms with Crippen molar-refractivity contribution in [3.05, 3.63) is 0 Å². The summed E-state index contributed by atoms with van der Waals surface area (Å²) in [4.78, 5) is 30.4. The van der Waals surface area contributed by atoms with Crippen molar-refractivity contribution in [1.82, 2.24) is 5.43 Å². The minimum absolute atomic E-state index is 0.0810. The molecule has 0 saturated carbocycles. The zero-order chi connectivity index (χ0) is 25.9. The molecule has 32 heavy (non-hydrogen) atoms. The third kappa shape index (κ3) is 22.7. The minimum Gasteiger partial charge on any atom is -0.461 e. The van der Waals surface area contributed by atoms with E-state index < -0.39 is 23.8 Å². The number of nitrogens with two attached hydrogens (primary N) is 5. The van der Waals surface area contributed by atoms with E-state index in [0.717, 1.165) is 12.8 Å². The van der Waals surface area contributed by atoms with Crippen molar-refractivity contribution < 1.29 is 24.2 Å². The van der Waals surface area contributed by atoms with Crippen molar-refractivity contribution in [2.75, 3.05) is 0 Å². The highest BCUT2D eigenvalue weighted by Gasteiger charge is 2.27. The first kappa shape index (κ1) is 34.6.